The zero-order valence-corrected chi connectivity index (χ0v) is 22.6. The van der Waals surface area contributed by atoms with Gasteiger partial charge in [0, 0.05) is 29.3 Å². The number of thioether (sulfide) groups is 1. The van der Waals surface area contributed by atoms with E-state index in [0.29, 0.717) is 5.75 Å². The van der Waals surface area contributed by atoms with Crippen LogP contribution in [0.25, 0.3) is 10.9 Å². The average molecular weight is 567 g/mol. The predicted molar refractivity (Wildman–Crippen MR) is 149 cm³/mol. The van der Waals surface area contributed by atoms with Gasteiger partial charge in [-0.2, -0.15) is 24.4 Å². The Bertz CT molecular complexity index is 1140. The van der Waals surface area contributed by atoms with E-state index in [4.69, 9.17) is 11.5 Å². The average Bonchev–Trinajstić information content (AvgIpc) is 3.29. The van der Waals surface area contributed by atoms with E-state index in [-0.39, 0.29) is 31.4 Å². The summed E-state index contributed by atoms with van der Waals surface area (Å²) in [6.45, 7) is 0. The summed E-state index contributed by atoms with van der Waals surface area (Å²) in [4.78, 5) is 64.5. The molecule has 0 saturated heterocycles. The standard InChI is InChI=1S/C24H34N6O6S2/c1-38-9-8-18(24(35)36)29-22(33)17(6-7-20(26)31)28-23(34)19(12-37)30-21(32)15(25)10-13-11-27-16-5-3-2-4-14(13)16/h2-5,11,15,17-19,27,37H,6-10,12,25H2,1H3,(H2,26,31)(H,28,34)(H,29,33)(H,30,32)(H,35,36). The van der Waals surface area contributed by atoms with Crippen LogP contribution >= 0.6 is 24.4 Å². The third-order valence-corrected chi connectivity index (χ3v) is 6.81. The van der Waals surface area contributed by atoms with Crippen LogP contribution in [0.2, 0.25) is 0 Å². The fourth-order valence-corrected chi connectivity index (χ4v) is 4.42. The largest absolute Gasteiger partial charge is 0.480 e. The normalized spacial score (nSPS) is 14.2. The number of amides is 4. The lowest BCUT2D eigenvalue weighted by Gasteiger charge is -2.24. The summed E-state index contributed by atoms with van der Waals surface area (Å²) in [5.41, 5.74) is 13.0. The van der Waals surface area contributed by atoms with Crippen molar-refractivity contribution in [1.82, 2.24) is 20.9 Å². The van der Waals surface area contributed by atoms with E-state index >= 15 is 0 Å². The summed E-state index contributed by atoms with van der Waals surface area (Å²) < 4.78 is 0. The van der Waals surface area contributed by atoms with Crippen molar-refractivity contribution >= 4 is 64.9 Å². The molecular weight excluding hydrogens is 532 g/mol. The molecule has 14 heteroatoms. The predicted octanol–water partition coefficient (Wildman–Crippen LogP) is -0.475. The molecule has 4 atom stereocenters. The molecule has 1 heterocycles. The van der Waals surface area contributed by atoms with Crippen molar-refractivity contribution in [3.05, 3.63) is 36.0 Å². The van der Waals surface area contributed by atoms with E-state index in [0.717, 1.165) is 16.5 Å². The van der Waals surface area contributed by atoms with Crippen molar-refractivity contribution in [1.29, 1.82) is 0 Å². The number of thiol groups is 1. The number of nitrogens with one attached hydrogen (secondary N) is 4. The topological polar surface area (TPSA) is 209 Å². The zero-order valence-electron chi connectivity index (χ0n) is 20.9. The van der Waals surface area contributed by atoms with E-state index in [1.54, 1.807) is 12.5 Å². The molecule has 4 unspecified atom stereocenters. The van der Waals surface area contributed by atoms with Crippen LogP contribution in [0.5, 0.6) is 0 Å². The highest BCUT2D eigenvalue weighted by Crippen LogP contribution is 2.18. The van der Waals surface area contributed by atoms with E-state index in [1.807, 2.05) is 24.3 Å². The Morgan fingerprint density at radius 2 is 1.63 bits per heavy atom. The molecule has 2 rings (SSSR count). The molecule has 1 aromatic heterocycles. The minimum atomic E-state index is -1.26. The van der Waals surface area contributed by atoms with E-state index in [1.165, 1.54) is 11.8 Å². The Morgan fingerprint density at radius 3 is 2.26 bits per heavy atom. The zero-order chi connectivity index (χ0) is 28.2. The van der Waals surface area contributed by atoms with Crippen LogP contribution in [-0.2, 0) is 30.4 Å². The van der Waals surface area contributed by atoms with Gasteiger partial charge in [-0.1, -0.05) is 18.2 Å². The molecule has 0 aliphatic heterocycles. The Morgan fingerprint density at radius 1 is 1.00 bits per heavy atom. The summed E-state index contributed by atoms with van der Waals surface area (Å²) in [6, 6.07) is 3.02. The minimum Gasteiger partial charge on any atom is -0.480 e. The highest BCUT2D eigenvalue weighted by Gasteiger charge is 2.30. The molecule has 0 radical (unpaired) electrons. The molecule has 0 aliphatic carbocycles. The number of rotatable bonds is 16. The van der Waals surface area contributed by atoms with Crippen molar-refractivity contribution in [3.63, 3.8) is 0 Å². The van der Waals surface area contributed by atoms with Crippen molar-refractivity contribution in [2.75, 3.05) is 17.8 Å². The number of hydrogen-bond acceptors (Lipinski definition) is 8. The van der Waals surface area contributed by atoms with Crippen molar-refractivity contribution in [2.45, 2.75) is 49.9 Å². The molecule has 2 aromatic rings. The first kappa shape index (κ1) is 31.0. The molecule has 9 N–H and O–H groups in total. The molecule has 208 valence electrons. The molecule has 0 fully saturated rings. The number of carboxylic acid groups (broad SMARTS) is 1. The first-order chi connectivity index (χ1) is 18.1. The number of primary amides is 1. The van der Waals surface area contributed by atoms with Crippen LogP contribution in [0.4, 0.5) is 0 Å². The van der Waals surface area contributed by atoms with Gasteiger partial charge in [-0.15, -0.1) is 0 Å². The first-order valence-electron chi connectivity index (χ1n) is 11.9. The second-order valence-corrected chi connectivity index (χ2v) is 10.0. The van der Waals surface area contributed by atoms with Crippen LogP contribution < -0.4 is 27.4 Å². The second-order valence-electron chi connectivity index (χ2n) is 8.66. The summed E-state index contributed by atoms with van der Waals surface area (Å²) in [7, 11) is 0. The highest BCUT2D eigenvalue weighted by atomic mass is 32.2. The molecule has 4 amide bonds. The van der Waals surface area contributed by atoms with Crippen LogP contribution in [-0.4, -0.2) is 81.6 Å². The monoisotopic (exact) mass is 566 g/mol. The maximum Gasteiger partial charge on any atom is 0.326 e. The van der Waals surface area contributed by atoms with E-state index in [9.17, 15) is 29.1 Å². The third-order valence-electron chi connectivity index (χ3n) is 5.80. The number of para-hydroxylation sites is 1. The Kier molecular flexibility index (Phi) is 12.4. The van der Waals surface area contributed by atoms with Gasteiger partial charge in [0.15, 0.2) is 0 Å². The van der Waals surface area contributed by atoms with Crippen molar-refractivity contribution in [2.24, 2.45) is 11.5 Å². The second kappa shape index (κ2) is 15.2. The maximum absolute atomic E-state index is 12.9. The summed E-state index contributed by atoms with van der Waals surface area (Å²) in [5.74, 6) is -3.66. The van der Waals surface area contributed by atoms with Crippen LogP contribution in [0.1, 0.15) is 24.8 Å². The van der Waals surface area contributed by atoms with Gasteiger partial charge in [0.2, 0.25) is 23.6 Å². The third kappa shape index (κ3) is 9.26. The first-order valence-corrected chi connectivity index (χ1v) is 13.9. The summed E-state index contributed by atoms with van der Waals surface area (Å²) in [5, 5.41) is 17.7. The quantitative estimate of drug-likeness (QED) is 0.124. The lowest BCUT2D eigenvalue weighted by atomic mass is 10.0. The minimum absolute atomic E-state index is 0.104. The van der Waals surface area contributed by atoms with Gasteiger partial charge in [0.1, 0.15) is 18.1 Å². The van der Waals surface area contributed by atoms with Gasteiger partial charge >= 0.3 is 5.97 Å². The molecule has 0 saturated carbocycles. The Balaban J connectivity index is 2.05. The number of aliphatic carboxylic acids is 1. The number of aromatic amines is 1. The Hall–Kier alpha value is -3.23. The van der Waals surface area contributed by atoms with Gasteiger partial charge in [-0.3, -0.25) is 19.2 Å². The van der Waals surface area contributed by atoms with Gasteiger partial charge in [-0.05, 0) is 42.9 Å². The van der Waals surface area contributed by atoms with Crippen molar-refractivity contribution in [3.8, 4) is 0 Å². The molecule has 0 spiro atoms. The smallest absolute Gasteiger partial charge is 0.326 e. The van der Waals surface area contributed by atoms with Crippen LogP contribution in [0, 0.1) is 0 Å². The Labute approximate surface area is 229 Å². The lowest BCUT2D eigenvalue weighted by Crippen LogP contribution is -2.58. The van der Waals surface area contributed by atoms with Crippen LogP contribution in [0.15, 0.2) is 30.5 Å². The number of aromatic nitrogens is 1. The number of carbonyl (C=O) groups excluding carboxylic acids is 4. The number of nitrogens with two attached hydrogens (primary N) is 2. The highest BCUT2D eigenvalue weighted by molar-refractivity contribution is 7.98. The number of H-pyrrole nitrogens is 1. The van der Waals surface area contributed by atoms with Crippen LogP contribution in [0.3, 0.4) is 0 Å². The molecule has 0 aliphatic rings. The van der Waals surface area contributed by atoms with E-state index < -0.39 is 53.8 Å². The number of carbonyl (C=O) groups is 5. The molecule has 12 nitrogen and oxygen atoms in total. The maximum atomic E-state index is 12.9. The van der Waals surface area contributed by atoms with Gasteiger partial charge in [-0.25, -0.2) is 4.79 Å². The molecule has 38 heavy (non-hydrogen) atoms. The number of fused-ring (bicyclic) bond motifs is 1. The molecular formula is C24H34N6O6S2. The molecule has 1 aromatic carbocycles. The van der Waals surface area contributed by atoms with E-state index in [2.05, 4.69) is 33.6 Å². The van der Waals surface area contributed by atoms with Gasteiger partial charge in [0.05, 0.1) is 6.04 Å². The number of hydrogen-bond donors (Lipinski definition) is 8. The molecule has 0 bridgehead atoms. The summed E-state index contributed by atoms with van der Waals surface area (Å²) in [6.07, 6.45) is 3.57. The lowest BCUT2D eigenvalue weighted by molar-refractivity contribution is -0.142. The number of carboxylic acids is 1. The SMILES string of the molecule is CSCCC(NC(=O)C(CCC(N)=O)NC(=O)C(CS)NC(=O)C(N)Cc1c[nH]c2ccccc12)C(=O)O. The van der Waals surface area contributed by atoms with Gasteiger partial charge < -0.3 is 37.5 Å². The summed E-state index contributed by atoms with van der Waals surface area (Å²) >= 11 is 5.56. The fraction of sp³-hybridized carbons (Fsp3) is 0.458. The van der Waals surface area contributed by atoms with Gasteiger partial charge in [0.25, 0.3) is 0 Å². The van der Waals surface area contributed by atoms with Crippen molar-refractivity contribution < 1.29 is 29.1 Å². The number of benzene rings is 1. The fourth-order valence-electron chi connectivity index (χ4n) is 3.70.